The first-order valence-corrected chi connectivity index (χ1v) is 10.4. The summed E-state index contributed by atoms with van der Waals surface area (Å²) in [6.07, 6.45) is 17.5. The zero-order valence-electron chi connectivity index (χ0n) is 16.7. The van der Waals surface area contributed by atoms with Gasteiger partial charge in [0.05, 0.1) is 5.92 Å². The quantitative estimate of drug-likeness (QED) is 0.268. The van der Waals surface area contributed by atoms with Crippen LogP contribution in [0.4, 0.5) is 5.69 Å². The van der Waals surface area contributed by atoms with Gasteiger partial charge in [-0.15, -0.1) is 0 Å². The average Bonchev–Trinajstić information content (AvgIpc) is 2.65. The fourth-order valence-corrected chi connectivity index (χ4v) is 3.07. The van der Waals surface area contributed by atoms with E-state index in [9.17, 15) is 9.90 Å². The molecule has 1 rings (SSSR count). The molecule has 3 heteroatoms. The number of carboxylic acid groups (broad SMARTS) is 1. The number of carbonyl (C=O) groups is 1. The van der Waals surface area contributed by atoms with Crippen molar-refractivity contribution in [2.45, 2.75) is 84.0 Å². The van der Waals surface area contributed by atoms with Crippen LogP contribution in [-0.2, 0) is 4.79 Å². The van der Waals surface area contributed by atoms with E-state index in [1.54, 1.807) is 6.92 Å². The molecular formula is C23H37NO2. The molecule has 0 saturated carbocycles. The maximum Gasteiger partial charge on any atom is 0.310 e. The molecule has 0 fully saturated rings. The number of carboxylic acids is 1. The normalized spacial score (nSPS) is 12.4. The van der Waals surface area contributed by atoms with Crippen LogP contribution in [0.15, 0.2) is 36.4 Å². The molecule has 1 aromatic carbocycles. The molecule has 0 radical (unpaired) electrons. The van der Waals surface area contributed by atoms with E-state index < -0.39 is 11.9 Å². The highest BCUT2D eigenvalue weighted by Crippen LogP contribution is 2.24. The molecule has 3 nitrogen and oxygen atoms in total. The summed E-state index contributed by atoms with van der Waals surface area (Å²) in [5.74, 6) is -1.27. The van der Waals surface area contributed by atoms with Crippen molar-refractivity contribution in [2.24, 2.45) is 0 Å². The second kappa shape index (κ2) is 14.4. The molecule has 0 aliphatic heterocycles. The lowest BCUT2D eigenvalue weighted by Gasteiger charge is -2.14. The Labute approximate surface area is 159 Å². The second-order valence-corrected chi connectivity index (χ2v) is 7.10. The van der Waals surface area contributed by atoms with E-state index in [0.717, 1.165) is 30.6 Å². The van der Waals surface area contributed by atoms with E-state index in [-0.39, 0.29) is 0 Å². The molecule has 26 heavy (non-hydrogen) atoms. The first-order valence-electron chi connectivity index (χ1n) is 10.4. The Bertz CT molecular complexity index is 525. The Morgan fingerprint density at radius 3 is 2.31 bits per heavy atom. The van der Waals surface area contributed by atoms with Crippen molar-refractivity contribution in [2.75, 3.05) is 11.9 Å². The molecule has 0 aliphatic rings. The molecule has 0 saturated heterocycles. The second-order valence-electron chi connectivity index (χ2n) is 7.10. The summed E-state index contributed by atoms with van der Waals surface area (Å²) in [4.78, 5) is 11.2. The van der Waals surface area contributed by atoms with Crippen LogP contribution in [-0.4, -0.2) is 17.6 Å². The fraction of sp³-hybridized carbons (Fsp3) is 0.609. The van der Waals surface area contributed by atoms with Crippen molar-refractivity contribution in [1.29, 1.82) is 0 Å². The molecule has 0 spiro atoms. The van der Waals surface area contributed by atoms with Gasteiger partial charge in [-0.25, -0.2) is 0 Å². The van der Waals surface area contributed by atoms with Gasteiger partial charge in [0.15, 0.2) is 0 Å². The van der Waals surface area contributed by atoms with Crippen LogP contribution >= 0.6 is 0 Å². The summed E-state index contributed by atoms with van der Waals surface area (Å²) in [7, 11) is 0. The number of unbranched alkanes of at least 4 members (excludes halogenated alkanes) is 8. The van der Waals surface area contributed by atoms with Crippen molar-refractivity contribution in [3.05, 3.63) is 42.0 Å². The summed E-state index contributed by atoms with van der Waals surface area (Å²) in [6, 6.07) is 7.70. The van der Waals surface area contributed by atoms with Gasteiger partial charge >= 0.3 is 5.97 Å². The van der Waals surface area contributed by atoms with E-state index in [1.165, 1.54) is 51.4 Å². The molecule has 0 bridgehead atoms. The van der Waals surface area contributed by atoms with Crippen molar-refractivity contribution in [3.63, 3.8) is 0 Å². The summed E-state index contributed by atoms with van der Waals surface area (Å²) >= 11 is 0. The SMILES string of the molecule is CCCCCCCCC/C=C/CCCNc1ccccc1C(C)C(=O)O. The predicted molar refractivity (Wildman–Crippen MR) is 112 cm³/mol. The van der Waals surface area contributed by atoms with Crippen molar-refractivity contribution < 1.29 is 9.90 Å². The van der Waals surface area contributed by atoms with Gasteiger partial charge in [-0.1, -0.05) is 75.8 Å². The lowest BCUT2D eigenvalue weighted by Crippen LogP contribution is -2.11. The first-order chi connectivity index (χ1) is 12.7. The van der Waals surface area contributed by atoms with Crippen LogP contribution in [0.1, 0.15) is 89.5 Å². The van der Waals surface area contributed by atoms with Crippen LogP contribution in [0.5, 0.6) is 0 Å². The Kier molecular flexibility index (Phi) is 12.3. The van der Waals surface area contributed by atoms with Crippen LogP contribution in [0, 0.1) is 0 Å². The summed E-state index contributed by atoms with van der Waals surface area (Å²) in [6.45, 7) is 4.86. The van der Waals surface area contributed by atoms with E-state index in [4.69, 9.17) is 0 Å². The Morgan fingerprint density at radius 2 is 1.62 bits per heavy atom. The van der Waals surface area contributed by atoms with Crippen LogP contribution in [0.25, 0.3) is 0 Å². The van der Waals surface area contributed by atoms with Crippen LogP contribution in [0.2, 0.25) is 0 Å². The highest BCUT2D eigenvalue weighted by Gasteiger charge is 2.16. The maximum atomic E-state index is 11.2. The topological polar surface area (TPSA) is 49.3 Å². The molecule has 0 amide bonds. The van der Waals surface area contributed by atoms with Gasteiger partial charge < -0.3 is 10.4 Å². The third-order valence-electron chi connectivity index (χ3n) is 4.80. The van der Waals surface area contributed by atoms with Gasteiger partial charge in [0.25, 0.3) is 0 Å². The lowest BCUT2D eigenvalue weighted by atomic mass is 9.99. The molecule has 1 aromatic rings. The van der Waals surface area contributed by atoms with Gasteiger partial charge in [0.2, 0.25) is 0 Å². The lowest BCUT2D eigenvalue weighted by molar-refractivity contribution is -0.138. The number of hydrogen-bond acceptors (Lipinski definition) is 2. The smallest absolute Gasteiger partial charge is 0.310 e. The van der Waals surface area contributed by atoms with Crippen molar-refractivity contribution in [1.82, 2.24) is 0 Å². The van der Waals surface area contributed by atoms with Crippen LogP contribution in [0.3, 0.4) is 0 Å². The Hall–Kier alpha value is -1.77. The molecular weight excluding hydrogens is 322 g/mol. The summed E-state index contributed by atoms with van der Waals surface area (Å²) < 4.78 is 0. The number of nitrogens with one attached hydrogen (secondary N) is 1. The van der Waals surface area contributed by atoms with E-state index in [1.807, 2.05) is 24.3 Å². The zero-order valence-corrected chi connectivity index (χ0v) is 16.7. The van der Waals surface area contributed by atoms with Gasteiger partial charge in [-0.3, -0.25) is 4.79 Å². The third kappa shape index (κ3) is 9.65. The minimum Gasteiger partial charge on any atom is -0.481 e. The predicted octanol–water partition coefficient (Wildman–Crippen LogP) is 6.76. The number of anilines is 1. The monoisotopic (exact) mass is 359 g/mol. The third-order valence-corrected chi connectivity index (χ3v) is 4.80. The summed E-state index contributed by atoms with van der Waals surface area (Å²) in [5, 5.41) is 12.6. The van der Waals surface area contributed by atoms with E-state index >= 15 is 0 Å². The molecule has 0 heterocycles. The maximum absolute atomic E-state index is 11.2. The van der Waals surface area contributed by atoms with Crippen molar-refractivity contribution >= 4 is 11.7 Å². The Balaban J connectivity index is 2.11. The fourth-order valence-electron chi connectivity index (χ4n) is 3.07. The van der Waals surface area contributed by atoms with Gasteiger partial charge in [0.1, 0.15) is 0 Å². The van der Waals surface area contributed by atoms with Gasteiger partial charge in [0, 0.05) is 12.2 Å². The molecule has 0 aromatic heterocycles. The molecule has 2 N–H and O–H groups in total. The van der Waals surface area contributed by atoms with Crippen molar-refractivity contribution in [3.8, 4) is 0 Å². The Morgan fingerprint density at radius 1 is 1.00 bits per heavy atom. The number of rotatable bonds is 15. The number of aliphatic carboxylic acids is 1. The standard InChI is InChI=1S/C23H37NO2/c1-3-4-5-6-7-8-9-10-11-12-13-16-19-24-22-18-15-14-17-21(22)20(2)23(25)26/h11-12,14-15,17-18,20,24H,3-10,13,16,19H2,1-2H3,(H,25,26)/b12-11+. The first kappa shape index (κ1) is 22.3. The minimum atomic E-state index is -0.785. The molecule has 1 atom stereocenters. The highest BCUT2D eigenvalue weighted by molar-refractivity contribution is 5.78. The number of para-hydroxylation sites is 1. The average molecular weight is 360 g/mol. The highest BCUT2D eigenvalue weighted by atomic mass is 16.4. The summed E-state index contributed by atoms with van der Waals surface area (Å²) in [5.41, 5.74) is 1.80. The van der Waals surface area contributed by atoms with E-state index in [0.29, 0.717) is 0 Å². The molecule has 0 aliphatic carbocycles. The molecule has 146 valence electrons. The van der Waals surface area contributed by atoms with E-state index in [2.05, 4.69) is 24.4 Å². The zero-order chi connectivity index (χ0) is 19.0. The van der Waals surface area contributed by atoms with Crippen LogP contribution < -0.4 is 5.32 Å². The number of benzene rings is 1. The minimum absolute atomic E-state index is 0.486. The number of hydrogen-bond donors (Lipinski definition) is 2. The van der Waals surface area contributed by atoms with Gasteiger partial charge in [-0.2, -0.15) is 0 Å². The molecule has 1 unspecified atom stereocenters. The van der Waals surface area contributed by atoms with Gasteiger partial charge in [-0.05, 0) is 44.2 Å². The largest absolute Gasteiger partial charge is 0.481 e. The number of allylic oxidation sites excluding steroid dienone is 2.